The fourth-order valence-electron chi connectivity index (χ4n) is 3.02. The van der Waals surface area contributed by atoms with Gasteiger partial charge in [0, 0.05) is 5.92 Å². The van der Waals surface area contributed by atoms with Gasteiger partial charge in [0.2, 0.25) is 0 Å². The Bertz CT molecular complexity index is 493. The van der Waals surface area contributed by atoms with Crippen molar-refractivity contribution in [2.75, 3.05) is 6.61 Å². The largest absolute Gasteiger partial charge is 0.465 e. The SMILES string of the molecule is CCOC(=O)C(CC)C(=O)C1CCCc2ccccc21. The van der Waals surface area contributed by atoms with Crippen molar-refractivity contribution in [1.29, 1.82) is 0 Å². The molecule has 108 valence electrons. The van der Waals surface area contributed by atoms with Crippen LogP contribution in [-0.4, -0.2) is 18.4 Å². The van der Waals surface area contributed by atoms with Gasteiger partial charge in [0.05, 0.1) is 6.61 Å². The van der Waals surface area contributed by atoms with E-state index < -0.39 is 5.92 Å². The molecular formula is C17H22O3. The Kier molecular flexibility index (Phi) is 4.94. The Hall–Kier alpha value is -1.64. The minimum Gasteiger partial charge on any atom is -0.465 e. The molecule has 0 fully saturated rings. The van der Waals surface area contributed by atoms with Gasteiger partial charge in [0.25, 0.3) is 0 Å². The van der Waals surface area contributed by atoms with Crippen LogP contribution in [0.25, 0.3) is 0 Å². The molecule has 0 N–H and O–H groups in total. The van der Waals surface area contributed by atoms with Crippen LogP contribution in [0.5, 0.6) is 0 Å². The van der Waals surface area contributed by atoms with E-state index in [2.05, 4.69) is 6.07 Å². The summed E-state index contributed by atoms with van der Waals surface area (Å²) in [5.74, 6) is -1.11. The highest BCUT2D eigenvalue weighted by Crippen LogP contribution is 2.34. The Morgan fingerprint density at radius 2 is 2.05 bits per heavy atom. The van der Waals surface area contributed by atoms with Crippen molar-refractivity contribution in [3.05, 3.63) is 35.4 Å². The molecule has 0 saturated carbocycles. The Morgan fingerprint density at radius 3 is 2.75 bits per heavy atom. The van der Waals surface area contributed by atoms with Gasteiger partial charge in [0.15, 0.2) is 5.78 Å². The summed E-state index contributed by atoms with van der Waals surface area (Å²) >= 11 is 0. The first-order chi connectivity index (χ1) is 9.69. The van der Waals surface area contributed by atoms with Crippen molar-refractivity contribution in [3.8, 4) is 0 Å². The molecule has 3 nitrogen and oxygen atoms in total. The van der Waals surface area contributed by atoms with E-state index in [0.717, 1.165) is 24.8 Å². The zero-order valence-electron chi connectivity index (χ0n) is 12.2. The monoisotopic (exact) mass is 274 g/mol. The molecule has 0 spiro atoms. The lowest BCUT2D eigenvalue weighted by Gasteiger charge is -2.26. The Balaban J connectivity index is 2.23. The number of benzene rings is 1. The first-order valence-corrected chi connectivity index (χ1v) is 7.47. The topological polar surface area (TPSA) is 43.4 Å². The van der Waals surface area contributed by atoms with E-state index in [4.69, 9.17) is 4.74 Å². The van der Waals surface area contributed by atoms with Gasteiger partial charge in [-0.25, -0.2) is 0 Å². The van der Waals surface area contributed by atoms with E-state index in [9.17, 15) is 9.59 Å². The van der Waals surface area contributed by atoms with Crippen LogP contribution in [0.1, 0.15) is 50.2 Å². The molecule has 0 saturated heterocycles. The average molecular weight is 274 g/mol. The van der Waals surface area contributed by atoms with Crippen LogP contribution in [0.15, 0.2) is 24.3 Å². The van der Waals surface area contributed by atoms with Crippen LogP contribution < -0.4 is 0 Å². The summed E-state index contributed by atoms with van der Waals surface area (Å²) in [4.78, 5) is 24.6. The van der Waals surface area contributed by atoms with Gasteiger partial charge >= 0.3 is 5.97 Å². The number of hydrogen-bond acceptors (Lipinski definition) is 3. The zero-order valence-corrected chi connectivity index (χ0v) is 12.2. The summed E-state index contributed by atoms with van der Waals surface area (Å²) in [6.45, 7) is 3.96. The van der Waals surface area contributed by atoms with Crippen molar-refractivity contribution in [3.63, 3.8) is 0 Å². The van der Waals surface area contributed by atoms with Crippen molar-refractivity contribution >= 4 is 11.8 Å². The van der Waals surface area contributed by atoms with Crippen molar-refractivity contribution in [2.24, 2.45) is 5.92 Å². The number of carbonyl (C=O) groups excluding carboxylic acids is 2. The molecule has 2 atom stereocenters. The number of ketones is 1. The van der Waals surface area contributed by atoms with Gasteiger partial charge in [-0.1, -0.05) is 31.2 Å². The molecule has 1 aromatic rings. The molecule has 1 aromatic carbocycles. The molecule has 2 rings (SSSR count). The molecule has 0 aliphatic heterocycles. The average Bonchev–Trinajstić information content (AvgIpc) is 2.47. The Labute approximate surface area is 120 Å². The summed E-state index contributed by atoms with van der Waals surface area (Å²) in [7, 11) is 0. The van der Waals surface area contributed by atoms with E-state index >= 15 is 0 Å². The van der Waals surface area contributed by atoms with E-state index in [-0.39, 0.29) is 17.7 Å². The summed E-state index contributed by atoms with van der Waals surface area (Å²) in [6, 6.07) is 8.08. The normalized spacial score (nSPS) is 19.0. The molecule has 20 heavy (non-hydrogen) atoms. The van der Waals surface area contributed by atoms with E-state index in [1.807, 2.05) is 25.1 Å². The second-order valence-corrected chi connectivity index (χ2v) is 5.26. The van der Waals surface area contributed by atoms with Crippen molar-refractivity contribution in [1.82, 2.24) is 0 Å². The highest BCUT2D eigenvalue weighted by molar-refractivity contribution is 6.02. The molecule has 0 heterocycles. The lowest BCUT2D eigenvalue weighted by molar-refractivity contribution is -0.152. The molecule has 0 amide bonds. The quantitative estimate of drug-likeness (QED) is 0.611. The summed E-state index contributed by atoms with van der Waals surface area (Å²) < 4.78 is 5.04. The van der Waals surface area contributed by atoms with Gasteiger partial charge in [-0.2, -0.15) is 0 Å². The highest BCUT2D eigenvalue weighted by atomic mass is 16.5. The molecule has 1 aliphatic carbocycles. The molecule has 1 aliphatic rings. The van der Waals surface area contributed by atoms with E-state index in [1.165, 1.54) is 5.56 Å². The molecule has 3 heteroatoms. The second-order valence-electron chi connectivity index (χ2n) is 5.26. The first kappa shape index (κ1) is 14.8. The maximum absolute atomic E-state index is 12.7. The summed E-state index contributed by atoms with van der Waals surface area (Å²) in [5.41, 5.74) is 2.35. The number of rotatable bonds is 5. The Morgan fingerprint density at radius 1 is 1.30 bits per heavy atom. The third-order valence-electron chi connectivity index (χ3n) is 4.04. The third kappa shape index (κ3) is 2.92. The van der Waals surface area contributed by atoms with E-state index in [0.29, 0.717) is 13.0 Å². The maximum atomic E-state index is 12.7. The molecule has 0 aromatic heterocycles. The fourth-order valence-corrected chi connectivity index (χ4v) is 3.02. The van der Waals surface area contributed by atoms with Crippen LogP contribution in [0.3, 0.4) is 0 Å². The lowest BCUT2D eigenvalue weighted by Crippen LogP contribution is -2.31. The molecular weight excluding hydrogens is 252 g/mol. The van der Waals surface area contributed by atoms with Gasteiger partial charge < -0.3 is 4.74 Å². The summed E-state index contributed by atoms with van der Waals surface area (Å²) in [6.07, 6.45) is 3.38. The first-order valence-electron chi connectivity index (χ1n) is 7.47. The predicted octanol–water partition coefficient (Wildman–Crippen LogP) is 3.26. The minimum absolute atomic E-state index is 0.0260. The van der Waals surface area contributed by atoms with Crippen molar-refractivity contribution in [2.45, 2.75) is 45.4 Å². The molecule has 0 bridgehead atoms. The molecule has 2 unspecified atom stereocenters. The van der Waals surface area contributed by atoms with Gasteiger partial charge in [-0.15, -0.1) is 0 Å². The van der Waals surface area contributed by atoms with Gasteiger partial charge in [-0.3, -0.25) is 9.59 Å². The number of carbonyl (C=O) groups is 2. The number of hydrogen-bond donors (Lipinski definition) is 0. The van der Waals surface area contributed by atoms with Crippen molar-refractivity contribution < 1.29 is 14.3 Å². The lowest BCUT2D eigenvalue weighted by atomic mass is 9.77. The summed E-state index contributed by atoms with van der Waals surface area (Å²) in [5, 5.41) is 0. The second kappa shape index (κ2) is 6.69. The zero-order chi connectivity index (χ0) is 14.5. The van der Waals surface area contributed by atoms with E-state index in [1.54, 1.807) is 6.92 Å². The third-order valence-corrected chi connectivity index (χ3v) is 4.04. The number of esters is 1. The van der Waals surface area contributed by atoms with Crippen LogP contribution in [-0.2, 0) is 20.7 Å². The number of ether oxygens (including phenoxy) is 1. The van der Waals surface area contributed by atoms with Crippen LogP contribution >= 0.6 is 0 Å². The number of aryl methyl sites for hydroxylation is 1. The minimum atomic E-state index is -0.619. The standard InChI is InChI=1S/C17H22O3/c1-3-13(17(19)20-4-2)16(18)15-11-7-9-12-8-5-6-10-14(12)15/h5-6,8,10,13,15H,3-4,7,9,11H2,1-2H3. The van der Waals surface area contributed by atoms with Gasteiger partial charge in [-0.05, 0) is 43.7 Å². The van der Waals surface area contributed by atoms with Crippen LogP contribution in [0.2, 0.25) is 0 Å². The van der Waals surface area contributed by atoms with Gasteiger partial charge in [0.1, 0.15) is 5.92 Å². The van der Waals surface area contributed by atoms with Crippen LogP contribution in [0.4, 0.5) is 0 Å². The fraction of sp³-hybridized carbons (Fsp3) is 0.529. The van der Waals surface area contributed by atoms with Crippen LogP contribution in [0, 0.1) is 5.92 Å². The molecule has 0 radical (unpaired) electrons. The highest BCUT2D eigenvalue weighted by Gasteiger charge is 2.34. The number of Topliss-reactive ketones (excluding diaryl/α,β-unsaturated/α-hetero) is 1. The maximum Gasteiger partial charge on any atom is 0.316 e. The number of fused-ring (bicyclic) bond motifs is 1. The predicted molar refractivity (Wildman–Crippen MR) is 77.5 cm³/mol. The smallest absolute Gasteiger partial charge is 0.316 e.